The first kappa shape index (κ1) is 25.6. The van der Waals surface area contributed by atoms with E-state index in [9.17, 15) is 26.3 Å². The molecule has 2 heterocycles. The highest BCUT2D eigenvalue weighted by Gasteiger charge is 2.41. The third kappa shape index (κ3) is 4.69. The van der Waals surface area contributed by atoms with Gasteiger partial charge in [-0.25, -0.2) is 30.2 Å². The second-order valence-corrected chi connectivity index (χ2v) is 13.5. The fraction of sp³-hybridized carbons (Fsp3) is 0.296. The van der Waals surface area contributed by atoms with Gasteiger partial charge in [-0.1, -0.05) is 56.0 Å². The SMILES string of the molecule is CS(=O)(=O)c1ccc(C(O)(CC2CCCC2)c2cc3cc(F)cnc3n2S(=O)(=O)c2ccccc2)cc1. The Kier molecular flexibility index (Phi) is 6.45. The van der Waals surface area contributed by atoms with E-state index in [1.54, 1.807) is 18.2 Å². The standard InChI is InChI=1S/C27H27FN2O5S2/c1-36(32,33)23-13-11-21(12-14-23)27(31,17-19-7-5-6-8-19)25-16-20-15-22(28)18-29-26(20)30(25)37(34,35)24-9-3-2-4-10-24/h2-4,9-16,18-19,31H,5-8,17H2,1H3. The Balaban J connectivity index is 1.79. The Hall–Kier alpha value is -3.08. The van der Waals surface area contributed by atoms with Gasteiger partial charge in [-0.15, -0.1) is 0 Å². The van der Waals surface area contributed by atoms with Crippen LogP contribution in [0.5, 0.6) is 0 Å². The van der Waals surface area contributed by atoms with E-state index in [0.717, 1.165) is 42.1 Å². The van der Waals surface area contributed by atoms with Crippen molar-refractivity contribution >= 4 is 30.9 Å². The highest BCUT2D eigenvalue weighted by Crippen LogP contribution is 2.43. The van der Waals surface area contributed by atoms with Crippen LogP contribution in [-0.2, 0) is 25.5 Å². The van der Waals surface area contributed by atoms with Gasteiger partial charge in [0.2, 0.25) is 0 Å². The molecule has 0 radical (unpaired) electrons. The van der Waals surface area contributed by atoms with Gasteiger partial charge in [-0.3, -0.25) is 0 Å². The molecule has 0 saturated heterocycles. The summed E-state index contributed by atoms with van der Waals surface area (Å²) in [4.78, 5) is 4.18. The zero-order valence-corrected chi connectivity index (χ0v) is 21.8. The van der Waals surface area contributed by atoms with Crippen LogP contribution in [0.4, 0.5) is 4.39 Å². The van der Waals surface area contributed by atoms with Gasteiger partial charge in [0.15, 0.2) is 15.5 Å². The average Bonchev–Trinajstić information content (AvgIpc) is 3.52. The smallest absolute Gasteiger partial charge is 0.269 e. The predicted molar refractivity (Wildman–Crippen MR) is 138 cm³/mol. The summed E-state index contributed by atoms with van der Waals surface area (Å²) in [5.74, 6) is -0.514. The number of fused-ring (bicyclic) bond motifs is 1. The second kappa shape index (κ2) is 9.34. The highest BCUT2D eigenvalue weighted by molar-refractivity contribution is 7.90. The van der Waals surface area contributed by atoms with Crippen molar-refractivity contribution in [3.63, 3.8) is 0 Å². The predicted octanol–water partition coefficient (Wildman–Crippen LogP) is 4.63. The van der Waals surface area contributed by atoms with Gasteiger partial charge >= 0.3 is 0 Å². The van der Waals surface area contributed by atoms with Crippen molar-refractivity contribution in [2.45, 2.75) is 47.5 Å². The van der Waals surface area contributed by atoms with E-state index in [4.69, 9.17) is 0 Å². The second-order valence-electron chi connectivity index (χ2n) is 9.69. The van der Waals surface area contributed by atoms with E-state index in [2.05, 4.69) is 4.98 Å². The maximum atomic E-state index is 14.2. The van der Waals surface area contributed by atoms with Gasteiger partial charge in [0, 0.05) is 11.6 Å². The molecule has 4 aromatic rings. The summed E-state index contributed by atoms with van der Waals surface area (Å²) in [7, 11) is -7.73. The molecule has 1 fully saturated rings. The van der Waals surface area contributed by atoms with E-state index >= 15 is 0 Å². The minimum Gasteiger partial charge on any atom is -0.379 e. The third-order valence-electron chi connectivity index (χ3n) is 7.09. The van der Waals surface area contributed by atoms with Crippen molar-refractivity contribution in [2.24, 2.45) is 5.92 Å². The van der Waals surface area contributed by atoms with Crippen LogP contribution in [-0.4, -0.2) is 37.2 Å². The summed E-state index contributed by atoms with van der Waals surface area (Å²) in [5, 5.41) is 12.6. The number of sulfone groups is 1. The third-order valence-corrected chi connectivity index (χ3v) is 9.94. The lowest BCUT2D eigenvalue weighted by molar-refractivity contribution is 0.0482. The van der Waals surface area contributed by atoms with E-state index in [1.807, 2.05) is 0 Å². The Bertz CT molecular complexity index is 1660. The van der Waals surface area contributed by atoms with Crippen molar-refractivity contribution in [3.8, 4) is 0 Å². The number of hydrogen-bond donors (Lipinski definition) is 1. The van der Waals surface area contributed by atoms with E-state index in [-0.39, 0.29) is 38.9 Å². The van der Waals surface area contributed by atoms with Crippen LogP contribution in [0.3, 0.4) is 0 Å². The molecule has 1 unspecified atom stereocenters. The van der Waals surface area contributed by atoms with E-state index < -0.39 is 31.3 Å². The van der Waals surface area contributed by atoms with Gasteiger partial charge in [-0.2, -0.15) is 0 Å². The van der Waals surface area contributed by atoms with Crippen molar-refractivity contribution in [1.82, 2.24) is 8.96 Å². The molecule has 2 aromatic heterocycles. The molecule has 1 aliphatic carbocycles. The molecule has 1 aliphatic rings. The largest absolute Gasteiger partial charge is 0.379 e. The van der Waals surface area contributed by atoms with Gasteiger partial charge in [0.05, 0.1) is 21.7 Å². The van der Waals surface area contributed by atoms with Gasteiger partial charge in [0.1, 0.15) is 11.4 Å². The normalized spacial score (nSPS) is 16.7. The zero-order valence-electron chi connectivity index (χ0n) is 20.2. The molecule has 7 nitrogen and oxygen atoms in total. The molecule has 1 atom stereocenters. The first-order valence-corrected chi connectivity index (χ1v) is 15.3. The van der Waals surface area contributed by atoms with Crippen LogP contribution >= 0.6 is 0 Å². The highest BCUT2D eigenvalue weighted by atomic mass is 32.2. The summed E-state index contributed by atoms with van der Waals surface area (Å²) in [6.45, 7) is 0. The van der Waals surface area contributed by atoms with Crippen LogP contribution in [0, 0.1) is 11.7 Å². The number of nitrogens with zero attached hydrogens (tertiary/aromatic N) is 2. The number of aliphatic hydroxyl groups is 1. The van der Waals surface area contributed by atoms with Crippen LogP contribution in [0.1, 0.15) is 43.4 Å². The van der Waals surface area contributed by atoms with Crippen molar-refractivity contribution in [3.05, 3.63) is 90.0 Å². The Labute approximate surface area is 215 Å². The number of halogens is 1. The lowest BCUT2D eigenvalue weighted by Gasteiger charge is -2.32. The monoisotopic (exact) mass is 542 g/mol. The average molecular weight is 543 g/mol. The maximum absolute atomic E-state index is 14.2. The first-order valence-electron chi connectivity index (χ1n) is 12.0. The van der Waals surface area contributed by atoms with Gasteiger partial charge in [-0.05, 0) is 54.3 Å². The Morgan fingerprint density at radius 2 is 1.62 bits per heavy atom. The molecule has 0 spiro atoms. The molecule has 194 valence electrons. The Morgan fingerprint density at radius 1 is 0.973 bits per heavy atom. The molecule has 0 amide bonds. The summed E-state index contributed by atoms with van der Waals surface area (Å²) >= 11 is 0. The minimum atomic E-state index is -4.25. The van der Waals surface area contributed by atoms with Crippen molar-refractivity contribution in [1.29, 1.82) is 0 Å². The van der Waals surface area contributed by atoms with E-state index in [1.165, 1.54) is 48.5 Å². The topological polar surface area (TPSA) is 106 Å². The zero-order chi connectivity index (χ0) is 26.4. The molecule has 0 bridgehead atoms. The fourth-order valence-electron chi connectivity index (χ4n) is 5.25. The summed E-state index contributed by atoms with van der Waals surface area (Å²) in [6.07, 6.45) is 6.02. The quantitative estimate of drug-likeness (QED) is 0.365. The summed E-state index contributed by atoms with van der Waals surface area (Å²) < 4.78 is 67.2. The fourth-order valence-corrected chi connectivity index (χ4v) is 7.44. The Morgan fingerprint density at radius 3 is 2.24 bits per heavy atom. The first-order chi connectivity index (χ1) is 17.5. The van der Waals surface area contributed by atoms with Crippen LogP contribution in [0.25, 0.3) is 11.0 Å². The van der Waals surface area contributed by atoms with Gasteiger partial charge in [0.25, 0.3) is 10.0 Å². The number of pyridine rings is 1. The van der Waals surface area contributed by atoms with Gasteiger partial charge < -0.3 is 5.11 Å². The molecule has 1 saturated carbocycles. The summed E-state index contributed by atoms with van der Waals surface area (Å²) in [6, 6.07) is 16.3. The molecule has 37 heavy (non-hydrogen) atoms. The number of benzene rings is 2. The molecule has 0 aliphatic heterocycles. The van der Waals surface area contributed by atoms with Crippen LogP contribution in [0.15, 0.2) is 82.7 Å². The van der Waals surface area contributed by atoms with Crippen LogP contribution < -0.4 is 0 Å². The molecule has 5 rings (SSSR count). The van der Waals surface area contributed by atoms with Crippen molar-refractivity contribution in [2.75, 3.05) is 6.26 Å². The van der Waals surface area contributed by atoms with E-state index in [0.29, 0.717) is 5.56 Å². The van der Waals surface area contributed by atoms with Crippen molar-refractivity contribution < 1.29 is 26.3 Å². The lowest BCUT2D eigenvalue weighted by atomic mass is 9.81. The number of hydrogen-bond acceptors (Lipinski definition) is 6. The number of aromatic nitrogens is 2. The maximum Gasteiger partial charge on any atom is 0.269 e. The molecule has 1 N–H and O–H groups in total. The molecule has 10 heteroatoms. The lowest BCUT2D eigenvalue weighted by Crippen LogP contribution is -2.34. The molecule has 2 aromatic carbocycles. The number of rotatable bonds is 7. The minimum absolute atomic E-state index is 0.00199. The summed E-state index contributed by atoms with van der Waals surface area (Å²) in [5.41, 5.74) is -1.44. The molecular formula is C27H27FN2O5S2. The molecular weight excluding hydrogens is 515 g/mol. The van der Waals surface area contributed by atoms with Crippen LogP contribution in [0.2, 0.25) is 0 Å².